The summed E-state index contributed by atoms with van der Waals surface area (Å²) >= 11 is 0. The maximum atomic E-state index is 12.1. The molecule has 2 aliphatic rings. The topological polar surface area (TPSA) is 113 Å². The van der Waals surface area contributed by atoms with Gasteiger partial charge in [0.05, 0.1) is 13.2 Å². The summed E-state index contributed by atoms with van der Waals surface area (Å²) < 4.78 is 30.3. The molecule has 0 spiro atoms. The molecule has 2 aliphatic heterocycles. The Morgan fingerprint density at radius 1 is 1.09 bits per heavy atom. The number of nitrogens with one attached hydrogen (secondary N) is 1. The highest BCUT2D eigenvalue weighted by atomic mass is 16.8. The molecule has 0 aliphatic carbocycles. The van der Waals surface area contributed by atoms with E-state index in [1.54, 1.807) is 0 Å². The van der Waals surface area contributed by atoms with Gasteiger partial charge in [-0.15, -0.1) is 0 Å². The number of benzene rings is 2. The Labute approximate surface area is 204 Å². The number of fused-ring (bicyclic) bond motifs is 1. The van der Waals surface area contributed by atoms with Gasteiger partial charge in [0.2, 0.25) is 5.91 Å². The zero-order valence-corrected chi connectivity index (χ0v) is 19.7. The predicted octanol–water partition coefficient (Wildman–Crippen LogP) is 2.45. The molecule has 0 bridgehead atoms. The Bertz CT molecular complexity index is 972. The van der Waals surface area contributed by atoms with E-state index in [9.17, 15) is 14.7 Å². The lowest BCUT2D eigenvalue weighted by Gasteiger charge is -2.49. The minimum absolute atomic E-state index is 0.191. The van der Waals surface area contributed by atoms with Crippen LogP contribution in [0, 0.1) is 0 Å². The van der Waals surface area contributed by atoms with Crippen molar-refractivity contribution in [3.63, 3.8) is 0 Å². The largest absolute Gasteiger partial charge is 0.479 e. The molecule has 0 saturated carbocycles. The van der Waals surface area contributed by atoms with Crippen LogP contribution in [0.4, 0.5) is 0 Å². The van der Waals surface area contributed by atoms with Gasteiger partial charge < -0.3 is 34.1 Å². The number of hydrogen-bond donors (Lipinski definition) is 2. The van der Waals surface area contributed by atoms with E-state index >= 15 is 0 Å². The highest BCUT2D eigenvalue weighted by Gasteiger charge is 2.52. The number of amides is 1. The van der Waals surface area contributed by atoms with Crippen LogP contribution in [0.5, 0.6) is 0 Å². The van der Waals surface area contributed by atoms with E-state index in [1.165, 1.54) is 13.8 Å². The fourth-order valence-corrected chi connectivity index (χ4v) is 4.27. The molecule has 188 valence electrons. The van der Waals surface area contributed by atoms with Crippen molar-refractivity contribution < 1.29 is 38.4 Å². The third kappa shape index (κ3) is 6.45. The second-order valence-electron chi connectivity index (χ2n) is 8.63. The van der Waals surface area contributed by atoms with Crippen LogP contribution in [-0.2, 0) is 39.7 Å². The van der Waals surface area contributed by atoms with Crippen molar-refractivity contribution in [1.82, 2.24) is 5.32 Å². The molecule has 2 heterocycles. The first kappa shape index (κ1) is 25.3. The van der Waals surface area contributed by atoms with Gasteiger partial charge in [-0.2, -0.15) is 0 Å². The highest BCUT2D eigenvalue weighted by Crippen LogP contribution is 2.36. The van der Waals surface area contributed by atoms with Gasteiger partial charge in [-0.1, -0.05) is 60.7 Å². The number of aliphatic carboxylic acids is 1. The van der Waals surface area contributed by atoms with Gasteiger partial charge in [0, 0.05) is 12.5 Å². The normalized spacial score (nSPS) is 29.1. The van der Waals surface area contributed by atoms with Gasteiger partial charge >= 0.3 is 5.97 Å². The predicted molar refractivity (Wildman–Crippen MR) is 124 cm³/mol. The van der Waals surface area contributed by atoms with Crippen molar-refractivity contribution in [2.45, 2.75) is 63.3 Å². The molecule has 7 atom stereocenters. The maximum Gasteiger partial charge on any atom is 0.332 e. The number of carboxylic acid groups (broad SMARTS) is 1. The molecular formula is C26H31NO8. The number of carbonyl (C=O) groups is 2. The van der Waals surface area contributed by atoms with Gasteiger partial charge in [0.15, 0.2) is 18.7 Å². The van der Waals surface area contributed by atoms with Crippen LogP contribution in [0.3, 0.4) is 0 Å². The second kappa shape index (κ2) is 11.7. The SMILES string of the molecule is CC(=O)NC1C(OCCc2ccccc2)OC2COC(c3ccccc3)OC2C1OC(C)C(=O)O. The Morgan fingerprint density at radius 2 is 1.77 bits per heavy atom. The van der Waals surface area contributed by atoms with E-state index in [2.05, 4.69) is 5.32 Å². The monoisotopic (exact) mass is 485 g/mol. The van der Waals surface area contributed by atoms with E-state index in [0.717, 1.165) is 11.1 Å². The summed E-state index contributed by atoms with van der Waals surface area (Å²) in [5.74, 6) is -1.44. The van der Waals surface area contributed by atoms with E-state index in [4.69, 9.17) is 23.7 Å². The molecule has 2 N–H and O–H groups in total. The number of rotatable bonds is 9. The van der Waals surface area contributed by atoms with Crippen molar-refractivity contribution in [1.29, 1.82) is 0 Å². The molecular weight excluding hydrogens is 454 g/mol. The van der Waals surface area contributed by atoms with Crippen molar-refractivity contribution in [2.75, 3.05) is 13.2 Å². The van der Waals surface area contributed by atoms with Gasteiger partial charge in [-0.25, -0.2) is 4.79 Å². The third-order valence-corrected chi connectivity index (χ3v) is 6.01. The van der Waals surface area contributed by atoms with Crippen LogP contribution in [0.1, 0.15) is 31.3 Å². The standard InChI is InChI=1S/C26H31NO8/c1-16(24(29)30)33-23-21(27-17(2)28)26(31-14-13-18-9-5-3-6-10-18)34-20-15-32-25(35-22(20)23)19-11-7-4-8-12-19/h3-12,16,20-23,25-26H,13-15H2,1-2H3,(H,27,28)(H,29,30). The van der Waals surface area contributed by atoms with Gasteiger partial charge in [-0.3, -0.25) is 4.79 Å². The third-order valence-electron chi connectivity index (χ3n) is 6.01. The summed E-state index contributed by atoms with van der Waals surface area (Å²) in [6, 6.07) is 18.5. The summed E-state index contributed by atoms with van der Waals surface area (Å²) in [6.45, 7) is 3.34. The molecule has 2 saturated heterocycles. The van der Waals surface area contributed by atoms with Crippen LogP contribution < -0.4 is 5.32 Å². The number of carboxylic acids is 1. The molecule has 0 aromatic heterocycles. The summed E-state index contributed by atoms with van der Waals surface area (Å²) in [7, 11) is 0. The molecule has 2 fully saturated rings. The minimum atomic E-state index is -1.14. The molecule has 2 aromatic rings. The smallest absolute Gasteiger partial charge is 0.332 e. The van der Waals surface area contributed by atoms with E-state index in [-0.39, 0.29) is 12.5 Å². The molecule has 9 heteroatoms. The summed E-state index contributed by atoms with van der Waals surface area (Å²) in [6.07, 6.45) is -4.17. The maximum absolute atomic E-state index is 12.1. The highest BCUT2D eigenvalue weighted by molar-refractivity contribution is 5.73. The quantitative estimate of drug-likeness (QED) is 0.557. The van der Waals surface area contributed by atoms with Crippen LogP contribution in [0.15, 0.2) is 60.7 Å². The average Bonchev–Trinajstić information content (AvgIpc) is 2.86. The van der Waals surface area contributed by atoms with Crippen LogP contribution in [0.25, 0.3) is 0 Å². The van der Waals surface area contributed by atoms with Crippen molar-refractivity contribution in [2.24, 2.45) is 0 Å². The zero-order chi connectivity index (χ0) is 24.8. The van der Waals surface area contributed by atoms with Crippen LogP contribution >= 0.6 is 0 Å². The van der Waals surface area contributed by atoms with Crippen molar-refractivity contribution >= 4 is 11.9 Å². The second-order valence-corrected chi connectivity index (χ2v) is 8.63. The zero-order valence-electron chi connectivity index (χ0n) is 19.7. The van der Waals surface area contributed by atoms with Crippen molar-refractivity contribution in [3.8, 4) is 0 Å². The van der Waals surface area contributed by atoms with Crippen LogP contribution in [0.2, 0.25) is 0 Å². The van der Waals surface area contributed by atoms with Gasteiger partial charge in [0.1, 0.15) is 24.4 Å². The average molecular weight is 486 g/mol. The first-order valence-corrected chi connectivity index (χ1v) is 11.7. The summed E-state index contributed by atoms with van der Waals surface area (Å²) in [5.41, 5.74) is 1.91. The number of hydrogen-bond acceptors (Lipinski definition) is 7. The Morgan fingerprint density at radius 3 is 2.43 bits per heavy atom. The van der Waals surface area contributed by atoms with Crippen molar-refractivity contribution in [3.05, 3.63) is 71.8 Å². The first-order valence-electron chi connectivity index (χ1n) is 11.7. The van der Waals surface area contributed by atoms with E-state index < -0.39 is 49.0 Å². The number of ether oxygens (including phenoxy) is 5. The van der Waals surface area contributed by atoms with Gasteiger partial charge in [-0.05, 0) is 18.9 Å². The first-order chi connectivity index (χ1) is 16.9. The molecule has 7 unspecified atom stereocenters. The molecule has 35 heavy (non-hydrogen) atoms. The molecule has 1 amide bonds. The Kier molecular flexibility index (Phi) is 8.48. The van der Waals surface area contributed by atoms with Crippen LogP contribution in [-0.4, -0.2) is 66.9 Å². The lowest BCUT2D eigenvalue weighted by atomic mass is 9.95. The fraction of sp³-hybridized carbons (Fsp3) is 0.462. The lowest BCUT2D eigenvalue weighted by Crippen LogP contribution is -2.68. The van der Waals surface area contributed by atoms with E-state index in [0.29, 0.717) is 13.0 Å². The van der Waals surface area contributed by atoms with E-state index in [1.807, 2.05) is 60.7 Å². The summed E-state index contributed by atoms with van der Waals surface area (Å²) in [5, 5.41) is 12.3. The lowest BCUT2D eigenvalue weighted by molar-refractivity contribution is -0.350. The summed E-state index contributed by atoms with van der Waals surface area (Å²) in [4.78, 5) is 23.7. The van der Waals surface area contributed by atoms with Gasteiger partial charge in [0.25, 0.3) is 0 Å². The minimum Gasteiger partial charge on any atom is -0.479 e. The Balaban J connectivity index is 1.55. The fourth-order valence-electron chi connectivity index (χ4n) is 4.27. The Hall–Kier alpha value is -2.82. The molecule has 2 aromatic carbocycles. The number of carbonyl (C=O) groups excluding carboxylic acids is 1. The molecule has 0 radical (unpaired) electrons. The molecule has 4 rings (SSSR count). The molecule has 9 nitrogen and oxygen atoms in total.